The minimum atomic E-state index is -0.399. The molecule has 0 amide bonds. The van der Waals surface area contributed by atoms with E-state index in [4.69, 9.17) is 9.47 Å². The van der Waals surface area contributed by atoms with Gasteiger partial charge in [0.2, 0.25) is 0 Å². The Morgan fingerprint density at radius 1 is 1.53 bits per heavy atom. The van der Waals surface area contributed by atoms with Crippen molar-refractivity contribution in [3.63, 3.8) is 0 Å². The van der Waals surface area contributed by atoms with E-state index in [0.29, 0.717) is 0 Å². The number of fused-ring (bicyclic) bond motifs is 1. The highest BCUT2D eigenvalue weighted by Crippen LogP contribution is 2.42. The lowest BCUT2D eigenvalue weighted by Gasteiger charge is -2.18. The molecule has 5 heteroatoms. The van der Waals surface area contributed by atoms with E-state index in [1.165, 1.54) is 11.8 Å². The van der Waals surface area contributed by atoms with Crippen molar-refractivity contribution in [2.45, 2.75) is 30.9 Å². The van der Waals surface area contributed by atoms with Crippen LogP contribution in [0.25, 0.3) is 0 Å². The van der Waals surface area contributed by atoms with Gasteiger partial charge in [-0.3, -0.25) is 0 Å². The molecule has 1 atom stereocenters. The van der Waals surface area contributed by atoms with Gasteiger partial charge in [0.25, 0.3) is 0 Å². The molecule has 15 heavy (non-hydrogen) atoms. The summed E-state index contributed by atoms with van der Waals surface area (Å²) in [7, 11) is 1.62. The largest absolute Gasteiger partial charge is 0.352 e. The molecular weight excluding hydrogens is 212 g/mol. The molecule has 0 radical (unpaired) electrons. The molecule has 1 aliphatic heterocycles. The van der Waals surface area contributed by atoms with Gasteiger partial charge >= 0.3 is 0 Å². The fourth-order valence-electron chi connectivity index (χ4n) is 1.69. The van der Waals surface area contributed by atoms with E-state index in [-0.39, 0.29) is 6.29 Å². The Morgan fingerprint density at radius 2 is 2.27 bits per heavy atom. The summed E-state index contributed by atoms with van der Waals surface area (Å²) in [5.74, 6) is 0. The first-order valence-corrected chi connectivity index (χ1v) is 5.93. The molecule has 4 nitrogen and oxygen atoms in total. The standard InChI is InChI=1S/C10H14N2O2S/c1-10(2)7-6(8(13-3)14-10)5-11-9(12-7)15-4/h5,8H,1-4H3. The number of nitrogens with zero attached hydrogens (tertiary/aromatic N) is 2. The molecule has 82 valence electrons. The molecule has 0 saturated heterocycles. The maximum Gasteiger partial charge on any atom is 0.187 e. The minimum absolute atomic E-state index is 0.342. The van der Waals surface area contributed by atoms with E-state index in [1.807, 2.05) is 20.1 Å². The monoisotopic (exact) mass is 226 g/mol. The van der Waals surface area contributed by atoms with E-state index in [0.717, 1.165) is 16.4 Å². The van der Waals surface area contributed by atoms with Gasteiger partial charge in [0.15, 0.2) is 11.4 Å². The van der Waals surface area contributed by atoms with Crippen LogP contribution in [0.15, 0.2) is 11.4 Å². The van der Waals surface area contributed by atoms with E-state index >= 15 is 0 Å². The summed E-state index contributed by atoms with van der Waals surface area (Å²) in [6.07, 6.45) is 3.40. The van der Waals surface area contributed by atoms with Crippen LogP contribution in [0.5, 0.6) is 0 Å². The van der Waals surface area contributed by atoms with Gasteiger partial charge in [0.05, 0.1) is 11.3 Å². The Labute approximate surface area is 93.4 Å². The molecule has 0 aliphatic carbocycles. The van der Waals surface area contributed by atoms with Gasteiger partial charge < -0.3 is 9.47 Å². The predicted octanol–water partition coefficient (Wildman–Crippen LogP) is 2.11. The Balaban J connectivity index is 2.49. The average Bonchev–Trinajstić information content (AvgIpc) is 2.50. The Bertz CT molecular complexity index is 382. The first kappa shape index (κ1) is 10.9. The van der Waals surface area contributed by atoms with Crippen LogP contribution in [0.4, 0.5) is 0 Å². The molecule has 0 spiro atoms. The smallest absolute Gasteiger partial charge is 0.187 e. The zero-order valence-corrected chi connectivity index (χ0v) is 10.1. The summed E-state index contributed by atoms with van der Waals surface area (Å²) in [4.78, 5) is 8.69. The molecule has 1 aromatic rings. The summed E-state index contributed by atoms with van der Waals surface area (Å²) >= 11 is 1.53. The zero-order chi connectivity index (χ0) is 11.1. The second kappa shape index (κ2) is 3.73. The van der Waals surface area contributed by atoms with Gasteiger partial charge in [-0.1, -0.05) is 11.8 Å². The summed E-state index contributed by atoms with van der Waals surface area (Å²) in [6.45, 7) is 3.98. The first-order chi connectivity index (χ1) is 7.08. The summed E-state index contributed by atoms with van der Waals surface area (Å²) in [6, 6.07) is 0. The number of hydrogen-bond donors (Lipinski definition) is 0. The van der Waals surface area contributed by atoms with Crippen molar-refractivity contribution in [1.82, 2.24) is 9.97 Å². The van der Waals surface area contributed by atoms with Crippen molar-refractivity contribution >= 4 is 11.8 Å². The van der Waals surface area contributed by atoms with E-state index < -0.39 is 5.60 Å². The molecule has 1 aliphatic rings. The van der Waals surface area contributed by atoms with Crippen molar-refractivity contribution in [3.8, 4) is 0 Å². The third-order valence-corrected chi connectivity index (χ3v) is 2.98. The van der Waals surface area contributed by atoms with Crippen LogP contribution in [0.3, 0.4) is 0 Å². The highest BCUT2D eigenvalue weighted by atomic mass is 32.2. The van der Waals surface area contributed by atoms with Crippen LogP contribution in [-0.4, -0.2) is 23.3 Å². The SMILES string of the molecule is COC1OC(C)(C)c2nc(SC)ncc21. The van der Waals surface area contributed by atoms with Crippen LogP contribution < -0.4 is 0 Å². The number of hydrogen-bond acceptors (Lipinski definition) is 5. The molecule has 0 fully saturated rings. The fraction of sp³-hybridized carbons (Fsp3) is 0.600. The van der Waals surface area contributed by atoms with Crippen LogP contribution in [0, 0.1) is 0 Å². The number of ether oxygens (including phenoxy) is 2. The van der Waals surface area contributed by atoms with Crippen molar-refractivity contribution in [2.24, 2.45) is 0 Å². The summed E-state index contributed by atoms with van der Waals surface area (Å²) < 4.78 is 11.0. The molecule has 0 aromatic carbocycles. The van der Waals surface area contributed by atoms with Gasteiger partial charge in [-0.2, -0.15) is 0 Å². The van der Waals surface area contributed by atoms with Crippen molar-refractivity contribution < 1.29 is 9.47 Å². The second-order valence-electron chi connectivity index (χ2n) is 3.86. The molecular formula is C10H14N2O2S. The molecule has 1 aromatic heterocycles. The van der Waals surface area contributed by atoms with Gasteiger partial charge in [0, 0.05) is 13.3 Å². The number of aromatic nitrogens is 2. The fourth-order valence-corrected chi connectivity index (χ4v) is 2.03. The highest BCUT2D eigenvalue weighted by Gasteiger charge is 2.40. The van der Waals surface area contributed by atoms with Crippen LogP contribution in [0.1, 0.15) is 31.4 Å². The van der Waals surface area contributed by atoms with E-state index in [1.54, 1.807) is 13.3 Å². The van der Waals surface area contributed by atoms with Gasteiger partial charge in [-0.15, -0.1) is 0 Å². The maximum atomic E-state index is 5.73. The van der Waals surface area contributed by atoms with Crippen molar-refractivity contribution in [2.75, 3.05) is 13.4 Å². The average molecular weight is 226 g/mol. The highest BCUT2D eigenvalue weighted by molar-refractivity contribution is 7.98. The summed E-state index contributed by atoms with van der Waals surface area (Å²) in [5, 5.41) is 0.766. The minimum Gasteiger partial charge on any atom is -0.352 e. The van der Waals surface area contributed by atoms with Gasteiger partial charge in [-0.05, 0) is 20.1 Å². The zero-order valence-electron chi connectivity index (χ0n) is 9.27. The third-order valence-electron chi connectivity index (χ3n) is 2.42. The lowest BCUT2D eigenvalue weighted by molar-refractivity contribution is -0.175. The Morgan fingerprint density at radius 3 is 2.87 bits per heavy atom. The van der Waals surface area contributed by atoms with Gasteiger partial charge in [-0.25, -0.2) is 9.97 Å². The molecule has 0 N–H and O–H groups in total. The quantitative estimate of drug-likeness (QED) is 0.571. The van der Waals surface area contributed by atoms with Crippen LogP contribution >= 0.6 is 11.8 Å². The topological polar surface area (TPSA) is 44.2 Å². The third kappa shape index (κ3) is 1.75. The van der Waals surface area contributed by atoms with Crippen molar-refractivity contribution in [1.29, 1.82) is 0 Å². The molecule has 1 unspecified atom stereocenters. The lowest BCUT2D eigenvalue weighted by Crippen LogP contribution is -2.17. The summed E-state index contributed by atoms with van der Waals surface area (Å²) in [5.41, 5.74) is 1.46. The van der Waals surface area contributed by atoms with Gasteiger partial charge in [0.1, 0.15) is 5.60 Å². The van der Waals surface area contributed by atoms with E-state index in [2.05, 4.69) is 9.97 Å². The Hall–Kier alpha value is -0.650. The first-order valence-electron chi connectivity index (χ1n) is 4.70. The second-order valence-corrected chi connectivity index (χ2v) is 4.63. The number of methoxy groups -OCH3 is 1. The van der Waals surface area contributed by atoms with E-state index in [9.17, 15) is 0 Å². The Kier molecular flexibility index (Phi) is 2.70. The van der Waals surface area contributed by atoms with Crippen molar-refractivity contribution in [3.05, 3.63) is 17.5 Å². The maximum absolute atomic E-state index is 5.73. The predicted molar refractivity (Wildman–Crippen MR) is 57.7 cm³/mol. The molecule has 2 rings (SSSR count). The lowest BCUT2D eigenvalue weighted by atomic mass is 10.0. The van der Waals surface area contributed by atoms with Crippen LogP contribution in [-0.2, 0) is 15.1 Å². The molecule has 2 heterocycles. The molecule has 0 bridgehead atoms. The normalized spacial score (nSPS) is 22.8. The number of rotatable bonds is 2. The number of thioether (sulfide) groups is 1. The van der Waals surface area contributed by atoms with Crippen LogP contribution in [0.2, 0.25) is 0 Å². The molecule has 0 saturated carbocycles.